The van der Waals surface area contributed by atoms with Gasteiger partial charge in [0.25, 0.3) is 5.91 Å². The number of rotatable bonds is 9. The van der Waals surface area contributed by atoms with E-state index >= 15 is 0 Å². The number of benzene rings is 3. The standard InChI is InChI=1S/C30H32N2O/c1-3-4-7-16-27-29(26-19-17-25(18-20-26)24-14-10-6-11-15-24)28(30(31)33)22(2)32(27)21-23-12-8-5-9-13-23/h5-6,8-15,17-20H,3-4,7,16,21H2,1-2H3,(H2,31,33). The SMILES string of the molecule is CCCCCc1c(-c2ccc(-c3ccccc3)cc2)c(C(N)=O)c(C)n1Cc1ccccc1. The fourth-order valence-corrected chi connectivity index (χ4v) is 4.65. The topological polar surface area (TPSA) is 48.0 Å². The van der Waals surface area contributed by atoms with Gasteiger partial charge in [-0.05, 0) is 42.0 Å². The average Bonchev–Trinajstić information content (AvgIpc) is 3.12. The van der Waals surface area contributed by atoms with E-state index in [2.05, 4.69) is 72.2 Å². The van der Waals surface area contributed by atoms with Gasteiger partial charge >= 0.3 is 0 Å². The lowest BCUT2D eigenvalue weighted by molar-refractivity contribution is 0.1000. The second-order valence-electron chi connectivity index (χ2n) is 8.62. The van der Waals surface area contributed by atoms with Gasteiger partial charge in [0.15, 0.2) is 0 Å². The summed E-state index contributed by atoms with van der Waals surface area (Å²) >= 11 is 0. The molecule has 1 aromatic heterocycles. The third-order valence-corrected chi connectivity index (χ3v) is 6.36. The number of carbonyl (C=O) groups is 1. The highest BCUT2D eigenvalue weighted by atomic mass is 16.1. The Morgan fingerprint density at radius 1 is 0.788 bits per heavy atom. The van der Waals surface area contributed by atoms with Gasteiger partial charge in [0, 0.05) is 23.5 Å². The number of hydrogen-bond donors (Lipinski definition) is 1. The molecule has 3 nitrogen and oxygen atoms in total. The quantitative estimate of drug-likeness (QED) is 0.282. The van der Waals surface area contributed by atoms with Crippen molar-refractivity contribution >= 4 is 5.91 Å². The summed E-state index contributed by atoms with van der Waals surface area (Å²) in [4.78, 5) is 12.7. The molecule has 0 spiro atoms. The zero-order valence-electron chi connectivity index (χ0n) is 19.6. The van der Waals surface area contributed by atoms with Gasteiger partial charge in [-0.15, -0.1) is 0 Å². The molecular formula is C30H32N2O. The Bertz CT molecular complexity index is 1210. The van der Waals surface area contributed by atoms with E-state index in [1.807, 2.05) is 31.2 Å². The normalized spacial score (nSPS) is 11.0. The van der Waals surface area contributed by atoms with Gasteiger partial charge in [-0.1, -0.05) is 105 Å². The van der Waals surface area contributed by atoms with Crippen molar-refractivity contribution < 1.29 is 4.79 Å². The molecule has 0 saturated carbocycles. The van der Waals surface area contributed by atoms with E-state index in [-0.39, 0.29) is 5.91 Å². The summed E-state index contributed by atoms with van der Waals surface area (Å²) in [6.45, 7) is 4.97. The largest absolute Gasteiger partial charge is 0.366 e. The van der Waals surface area contributed by atoms with E-state index < -0.39 is 0 Å². The van der Waals surface area contributed by atoms with Crippen LogP contribution in [0.15, 0.2) is 84.9 Å². The molecule has 168 valence electrons. The van der Waals surface area contributed by atoms with Crippen LogP contribution in [-0.4, -0.2) is 10.5 Å². The number of nitrogens with two attached hydrogens (primary N) is 1. The second-order valence-corrected chi connectivity index (χ2v) is 8.62. The van der Waals surface area contributed by atoms with E-state index in [0.29, 0.717) is 5.56 Å². The Labute approximate surface area is 196 Å². The maximum absolute atomic E-state index is 12.7. The molecule has 0 aliphatic heterocycles. The van der Waals surface area contributed by atoms with Gasteiger partial charge in [-0.2, -0.15) is 0 Å². The van der Waals surface area contributed by atoms with Crippen molar-refractivity contribution in [3.05, 3.63) is 107 Å². The monoisotopic (exact) mass is 436 g/mol. The molecule has 2 N–H and O–H groups in total. The Kier molecular flexibility index (Phi) is 7.09. The fourth-order valence-electron chi connectivity index (χ4n) is 4.65. The summed E-state index contributed by atoms with van der Waals surface area (Å²) < 4.78 is 2.30. The van der Waals surface area contributed by atoms with Gasteiger partial charge in [-0.3, -0.25) is 4.79 Å². The number of hydrogen-bond acceptors (Lipinski definition) is 1. The lowest BCUT2D eigenvalue weighted by Crippen LogP contribution is -2.13. The molecule has 33 heavy (non-hydrogen) atoms. The number of aromatic nitrogens is 1. The Morgan fingerprint density at radius 2 is 1.36 bits per heavy atom. The minimum atomic E-state index is -0.363. The lowest BCUT2D eigenvalue weighted by Gasteiger charge is -2.14. The van der Waals surface area contributed by atoms with Crippen LogP contribution in [0.2, 0.25) is 0 Å². The van der Waals surface area contributed by atoms with E-state index in [0.717, 1.165) is 54.6 Å². The minimum Gasteiger partial charge on any atom is -0.366 e. The Hall–Kier alpha value is -3.59. The van der Waals surface area contributed by atoms with Crippen LogP contribution in [0, 0.1) is 6.92 Å². The number of unbranched alkanes of at least 4 members (excludes halogenated alkanes) is 2. The van der Waals surface area contributed by atoms with Crippen LogP contribution in [0.25, 0.3) is 22.3 Å². The molecule has 4 aromatic rings. The number of amides is 1. The van der Waals surface area contributed by atoms with Crippen LogP contribution in [0.5, 0.6) is 0 Å². The zero-order chi connectivity index (χ0) is 23.2. The smallest absolute Gasteiger partial charge is 0.251 e. The molecule has 0 fully saturated rings. The van der Waals surface area contributed by atoms with Crippen molar-refractivity contribution in [3.63, 3.8) is 0 Å². The highest BCUT2D eigenvalue weighted by Gasteiger charge is 2.24. The summed E-state index contributed by atoms with van der Waals surface area (Å²) in [5, 5.41) is 0. The molecular weight excluding hydrogens is 404 g/mol. The van der Waals surface area contributed by atoms with Gasteiger partial charge < -0.3 is 10.3 Å². The van der Waals surface area contributed by atoms with Crippen LogP contribution in [0.1, 0.15) is 53.5 Å². The number of carbonyl (C=O) groups excluding carboxylic acids is 1. The van der Waals surface area contributed by atoms with Crippen molar-refractivity contribution in [2.45, 2.75) is 46.1 Å². The highest BCUT2D eigenvalue weighted by Crippen LogP contribution is 2.35. The summed E-state index contributed by atoms with van der Waals surface area (Å²) in [5.74, 6) is -0.363. The predicted molar refractivity (Wildman–Crippen MR) is 137 cm³/mol. The fraction of sp³-hybridized carbons (Fsp3) is 0.233. The molecule has 0 aliphatic carbocycles. The summed E-state index contributed by atoms with van der Waals surface area (Å²) in [6, 6.07) is 29.3. The summed E-state index contributed by atoms with van der Waals surface area (Å²) in [7, 11) is 0. The third kappa shape index (κ3) is 4.93. The molecule has 1 heterocycles. The molecule has 0 bridgehead atoms. The van der Waals surface area contributed by atoms with Gasteiger partial charge in [0.1, 0.15) is 0 Å². The van der Waals surface area contributed by atoms with Crippen molar-refractivity contribution in [2.75, 3.05) is 0 Å². The average molecular weight is 437 g/mol. The molecule has 0 aliphatic rings. The minimum absolute atomic E-state index is 0.363. The molecule has 1 amide bonds. The maximum atomic E-state index is 12.7. The van der Waals surface area contributed by atoms with Gasteiger partial charge in [0.2, 0.25) is 0 Å². The van der Waals surface area contributed by atoms with Crippen molar-refractivity contribution in [1.29, 1.82) is 0 Å². The first-order valence-corrected chi connectivity index (χ1v) is 11.8. The van der Waals surface area contributed by atoms with Gasteiger partial charge in [-0.25, -0.2) is 0 Å². The van der Waals surface area contributed by atoms with Crippen LogP contribution in [0.4, 0.5) is 0 Å². The Morgan fingerprint density at radius 3 is 1.97 bits per heavy atom. The van der Waals surface area contributed by atoms with Crippen molar-refractivity contribution in [3.8, 4) is 22.3 Å². The van der Waals surface area contributed by atoms with Crippen molar-refractivity contribution in [2.24, 2.45) is 5.73 Å². The Balaban J connectivity index is 1.83. The molecule has 3 aromatic carbocycles. The van der Waals surface area contributed by atoms with Gasteiger partial charge in [0.05, 0.1) is 5.56 Å². The molecule has 4 rings (SSSR count). The number of nitrogens with zero attached hydrogens (tertiary/aromatic N) is 1. The van der Waals surface area contributed by atoms with E-state index in [4.69, 9.17) is 5.73 Å². The molecule has 0 atom stereocenters. The first kappa shape index (κ1) is 22.6. The van der Waals surface area contributed by atoms with Crippen LogP contribution in [-0.2, 0) is 13.0 Å². The first-order valence-electron chi connectivity index (χ1n) is 11.8. The summed E-state index contributed by atoms with van der Waals surface area (Å²) in [6.07, 6.45) is 4.32. The summed E-state index contributed by atoms with van der Waals surface area (Å²) in [5.41, 5.74) is 14.3. The van der Waals surface area contributed by atoms with Crippen molar-refractivity contribution in [1.82, 2.24) is 4.57 Å². The van der Waals surface area contributed by atoms with E-state index in [9.17, 15) is 4.79 Å². The molecule has 0 saturated heterocycles. The zero-order valence-corrected chi connectivity index (χ0v) is 19.6. The van der Waals surface area contributed by atoms with E-state index in [1.165, 1.54) is 16.8 Å². The lowest BCUT2D eigenvalue weighted by atomic mass is 9.95. The first-order chi connectivity index (χ1) is 16.1. The predicted octanol–water partition coefficient (Wildman–Crippen LogP) is 7.01. The molecule has 3 heteroatoms. The van der Waals surface area contributed by atoms with Crippen LogP contribution >= 0.6 is 0 Å². The maximum Gasteiger partial charge on any atom is 0.251 e. The third-order valence-electron chi connectivity index (χ3n) is 6.36. The molecule has 0 radical (unpaired) electrons. The number of primary amides is 1. The van der Waals surface area contributed by atoms with E-state index in [1.54, 1.807) is 0 Å². The second kappa shape index (κ2) is 10.4. The van der Waals surface area contributed by atoms with Crippen LogP contribution < -0.4 is 5.73 Å². The van der Waals surface area contributed by atoms with Crippen LogP contribution in [0.3, 0.4) is 0 Å². The molecule has 0 unspecified atom stereocenters. The highest BCUT2D eigenvalue weighted by molar-refractivity contribution is 6.02.